The molecule has 0 saturated heterocycles. The number of aromatic nitrogens is 2. The lowest BCUT2D eigenvalue weighted by Gasteiger charge is -2.19. The molecule has 6 heteroatoms. The molecule has 0 aliphatic heterocycles. The van der Waals surface area contributed by atoms with E-state index in [9.17, 15) is 9.90 Å². The summed E-state index contributed by atoms with van der Waals surface area (Å²) in [5, 5.41) is 17.1. The first-order chi connectivity index (χ1) is 9.51. The van der Waals surface area contributed by atoms with E-state index >= 15 is 0 Å². The van der Waals surface area contributed by atoms with Crippen molar-refractivity contribution in [1.29, 1.82) is 0 Å². The maximum atomic E-state index is 11.9. The highest BCUT2D eigenvalue weighted by atomic mass is 16.5. The zero-order chi connectivity index (χ0) is 14.7. The van der Waals surface area contributed by atoms with Gasteiger partial charge in [-0.05, 0) is 31.7 Å². The van der Waals surface area contributed by atoms with E-state index in [4.69, 9.17) is 4.74 Å². The second-order valence-corrected chi connectivity index (χ2v) is 5.43. The first-order valence-corrected chi connectivity index (χ1v) is 7.00. The molecular weight excluding hydrogens is 258 g/mol. The summed E-state index contributed by atoms with van der Waals surface area (Å²) < 4.78 is 6.93. The van der Waals surface area contributed by atoms with Gasteiger partial charge in [0.1, 0.15) is 6.10 Å². The zero-order valence-electron chi connectivity index (χ0n) is 12.3. The Morgan fingerprint density at radius 1 is 1.60 bits per heavy atom. The van der Waals surface area contributed by atoms with Crippen LogP contribution in [0.4, 0.5) is 0 Å². The molecule has 0 unspecified atom stereocenters. The number of nitrogens with one attached hydrogen (secondary N) is 1. The predicted molar refractivity (Wildman–Crippen MR) is 74.2 cm³/mol. The molecule has 1 amide bonds. The van der Waals surface area contributed by atoms with Crippen LogP contribution in [-0.2, 0) is 23.0 Å². The summed E-state index contributed by atoms with van der Waals surface area (Å²) in [5.74, 6) is -0.0333. The Kier molecular flexibility index (Phi) is 4.77. The van der Waals surface area contributed by atoms with Crippen molar-refractivity contribution in [1.82, 2.24) is 15.1 Å². The number of hydrogen-bond donors (Lipinski definition) is 2. The van der Waals surface area contributed by atoms with E-state index in [1.165, 1.54) is 0 Å². The standard InChI is InChI=1S/C14H23N3O3/c1-9-10(8-17(2)16-9)4-7-13(18)15-11-5-6-12(20-3)14(11)19/h8,11-12,14,19H,4-7H2,1-3H3,(H,15,18)/t11-,12-,14-/m1/s1. The molecule has 1 heterocycles. The molecule has 0 bridgehead atoms. The first-order valence-electron chi connectivity index (χ1n) is 7.00. The van der Waals surface area contributed by atoms with E-state index < -0.39 is 6.10 Å². The van der Waals surface area contributed by atoms with Crippen LogP contribution in [0.2, 0.25) is 0 Å². The number of carbonyl (C=O) groups is 1. The van der Waals surface area contributed by atoms with Crippen LogP contribution in [0, 0.1) is 6.92 Å². The van der Waals surface area contributed by atoms with Crippen LogP contribution in [-0.4, -0.2) is 46.2 Å². The number of amides is 1. The second-order valence-electron chi connectivity index (χ2n) is 5.43. The highest BCUT2D eigenvalue weighted by Crippen LogP contribution is 2.22. The van der Waals surface area contributed by atoms with E-state index in [2.05, 4.69) is 10.4 Å². The van der Waals surface area contributed by atoms with Gasteiger partial charge in [-0.25, -0.2) is 0 Å². The van der Waals surface area contributed by atoms with Crippen LogP contribution in [0.3, 0.4) is 0 Å². The Balaban J connectivity index is 1.80. The maximum Gasteiger partial charge on any atom is 0.220 e. The summed E-state index contributed by atoms with van der Waals surface area (Å²) in [6.45, 7) is 1.94. The minimum Gasteiger partial charge on any atom is -0.388 e. The van der Waals surface area contributed by atoms with E-state index in [-0.39, 0.29) is 18.1 Å². The average Bonchev–Trinajstić information content (AvgIpc) is 2.90. The molecule has 0 spiro atoms. The molecular formula is C14H23N3O3. The van der Waals surface area contributed by atoms with Crippen molar-refractivity contribution in [3.8, 4) is 0 Å². The SMILES string of the molecule is CO[C@@H]1CC[C@@H](NC(=O)CCc2cn(C)nc2C)[C@H]1O. The van der Waals surface area contributed by atoms with Crippen molar-refractivity contribution in [3.63, 3.8) is 0 Å². The van der Waals surface area contributed by atoms with E-state index in [1.54, 1.807) is 11.8 Å². The van der Waals surface area contributed by atoms with E-state index in [1.807, 2.05) is 20.2 Å². The predicted octanol–water partition coefficient (Wildman–Crippen LogP) is 0.316. The molecule has 1 saturated carbocycles. The van der Waals surface area contributed by atoms with Crippen molar-refractivity contribution in [3.05, 3.63) is 17.5 Å². The van der Waals surface area contributed by atoms with Gasteiger partial charge in [-0.1, -0.05) is 0 Å². The van der Waals surface area contributed by atoms with Gasteiger partial charge in [-0.3, -0.25) is 9.48 Å². The lowest BCUT2D eigenvalue weighted by atomic mass is 10.1. The first kappa shape index (κ1) is 15.0. The number of rotatable bonds is 5. The summed E-state index contributed by atoms with van der Waals surface area (Å²) in [5.41, 5.74) is 2.05. The summed E-state index contributed by atoms with van der Waals surface area (Å²) in [4.78, 5) is 11.9. The lowest BCUT2D eigenvalue weighted by Crippen LogP contribution is -2.43. The number of hydrogen-bond acceptors (Lipinski definition) is 4. The molecule has 1 aromatic rings. The zero-order valence-corrected chi connectivity index (χ0v) is 12.3. The summed E-state index contributed by atoms with van der Waals surface area (Å²) >= 11 is 0. The summed E-state index contributed by atoms with van der Waals surface area (Å²) in [7, 11) is 3.46. The molecule has 1 aliphatic carbocycles. The van der Waals surface area contributed by atoms with Crippen molar-refractivity contribution in [2.45, 2.75) is 50.9 Å². The van der Waals surface area contributed by atoms with Crippen molar-refractivity contribution >= 4 is 5.91 Å². The molecule has 1 aromatic heterocycles. The Bertz CT molecular complexity index is 472. The fourth-order valence-corrected chi connectivity index (χ4v) is 2.78. The third kappa shape index (κ3) is 3.37. The fourth-order valence-electron chi connectivity index (χ4n) is 2.78. The monoisotopic (exact) mass is 281 g/mol. The van der Waals surface area contributed by atoms with Gasteiger partial charge in [0.15, 0.2) is 0 Å². The molecule has 1 fully saturated rings. The molecule has 0 radical (unpaired) electrons. The van der Waals surface area contributed by atoms with Gasteiger partial charge in [0.05, 0.1) is 17.8 Å². The van der Waals surface area contributed by atoms with Gasteiger partial charge in [0.2, 0.25) is 5.91 Å². The number of ether oxygens (including phenoxy) is 1. The summed E-state index contributed by atoms with van der Waals surface area (Å²) in [6.07, 6.45) is 3.79. The number of nitrogens with zero attached hydrogens (tertiary/aromatic N) is 2. The van der Waals surface area contributed by atoms with Crippen molar-refractivity contribution in [2.75, 3.05) is 7.11 Å². The molecule has 3 atom stereocenters. The highest BCUT2D eigenvalue weighted by molar-refractivity contribution is 5.76. The third-order valence-electron chi connectivity index (χ3n) is 3.94. The van der Waals surface area contributed by atoms with Gasteiger partial charge in [0.25, 0.3) is 0 Å². The minimum atomic E-state index is -0.607. The Labute approximate surface area is 119 Å². The molecule has 112 valence electrons. The van der Waals surface area contributed by atoms with Crippen LogP contribution in [0.25, 0.3) is 0 Å². The Morgan fingerprint density at radius 3 is 2.90 bits per heavy atom. The lowest BCUT2D eigenvalue weighted by molar-refractivity contribution is -0.122. The number of methoxy groups -OCH3 is 1. The van der Waals surface area contributed by atoms with Crippen molar-refractivity contribution in [2.24, 2.45) is 7.05 Å². The van der Waals surface area contributed by atoms with Crippen LogP contribution in [0.5, 0.6) is 0 Å². The smallest absolute Gasteiger partial charge is 0.220 e. The molecule has 1 aliphatic rings. The van der Waals surface area contributed by atoms with Crippen LogP contribution in [0.15, 0.2) is 6.20 Å². The molecule has 2 rings (SSSR count). The van der Waals surface area contributed by atoms with Gasteiger partial charge >= 0.3 is 0 Å². The van der Waals surface area contributed by atoms with E-state index in [0.29, 0.717) is 12.8 Å². The van der Waals surface area contributed by atoms with Gasteiger partial charge < -0.3 is 15.2 Å². The minimum absolute atomic E-state index is 0.0333. The molecule has 6 nitrogen and oxygen atoms in total. The van der Waals surface area contributed by atoms with Crippen LogP contribution in [0.1, 0.15) is 30.5 Å². The summed E-state index contributed by atoms with van der Waals surface area (Å²) in [6, 6.07) is -0.192. The average molecular weight is 281 g/mol. The molecule has 20 heavy (non-hydrogen) atoms. The number of aliphatic hydroxyl groups is 1. The van der Waals surface area contributed by atoms with E-state index in [0.717, 1.165) is 24.1 Å². The molecule has 2 N–H and O–H groups in total. The van der Waals surface area contributed by atoms with Crippen LogP contribution < -0.4 is 5.32 Å². The Hall–Kier alpha value is -1.40. The topological polar surface area (TPSA) is 76.4 Å². The Morgan fingerprint density at radius 2 is 2.35 bits per heavy atom. The van der Waals surface area contributed by atoms with Crippen molar-refractivity contribution < 1.29 is 14.6 Å². The fraction of sp³-hybridized carbons (Fsp3) is 0.714. The second kappa shape index (κ2) is 6.37. The third-order valence-corrected chi connectivity index (χ3v) is 3.94. The van der Waals surface area contributed by atoms with Crippen LogP contribution >= 0.6 is 0 Å². The number of aliphatic hydroxyl groups excluding tert-OH is 1. The number of aryl methyl sites for hydroxylation is 3. The van der Waals surface area contributed by atoms with Gasteiger partial charge in [-0.2, -0.15) is 5.10 Å². The maximum absolute atomic E-state index is 11.9. The molecule has 0 aromatic carbocycles. The number of carbonyl (C=O) groups excluding carboxylic acids is 1. The normalized spacial score (nSPS) is 25.9. The highest BCUT2D eigenvalue weighted by Gasteiger charge is 2.35. The quantitative estimate of drug-likeness (QED) is 0.815. The van der Waals surface area contributed by atoms with Gasteiger partial charge in [0, 0.05) is 26.8 Å². The largest absolute Gasteiger partial charge is 0.388 e. The van der Waals surface area contributed by atoms with Gasteiger partial charge in [-0.15, -0.1) is 0 Å².